The number of amides is 1. The first kappa shape index (κ1) is 18.9. The smallest absolute Gasteiger partial charge is 0.281 e. The largest absolute Gasteiger partial charge is 0.493 e. The summed E-state index contributed by atoms with van der Waals surface area (Å²) < 4.78 is 11.1. The fraction of sp³-hybridized carbons (Fsp3) is 0.238. The molecule has 3 rings (SSSR count). The van der Waals surface area contributed by atoms with Crippen LogP contribution in [0.15, 0.2) is 48.2 Å². The van der Waals surface area contributed by atoms with Crippen molar-refractivity contribution in [2.24, 2.45) is 0 Å². The Hall–Kier alpha value is -2.86. The van der Waals surface area contributed by atoms with E-state index in [0.29, 0.717) is 28.9 Å². The molecular formula is C21H22N2O3S. The average molecular weight is 382 g/mol. The standard InChI is InChI=1S/C21H22N2O3S/c1-5-26-19-13-15(14(2)11-18(19)25-4)12-17-20(24)23(21(27)22(17)3)16-9-7-6-8-10-16/h6-13H,5H2,1-4H3/b17-12-. The quantitative estimate of drug-likeness (QED) is 0.577. The molecule has 0 atom stereocenters. The number of anilines is 1. The number of nitrogens with zero attached hydrogens (tertiary/aromatic N) is 2. The topological polar surface area (TPSA) is 42.0 Å². The molecule has 2 aromatic rings. The van der Waals surface area contributed by atoms with Crippen molar-refractivity contribution in [2.75, 3.05) is 25.7 Å². The number of carbonyl (C=O) groups is 1. The monoisotopic (exact) mass is 382 g/mol. The Morgan fingerprint density at radius 2 is 1.85 bits per heavy atom. The Kier molecular flexibility index (Phi) is 5.46. The number of hydrogen-bond acceptors (Lipinski definition) is 4. The number of methoxy groups -OCH3 is 1. The van der Waals surface area contributed by atoms with Gasteiger partial charge in [0.2, 0.25) is 0 Å². The zero-order valence-corrected chi connectivity index (χ0v) is 16.7. The lowest BCUT2D eigenvalue weighted by atomic mass is 10.1. The molecule has 2 aromatic carbocycles. The zero-order valence-electron chi connectivity index (χ0n) is 15.9. The van der Waals surface area contributed by atoms with Crippen LogP contribution in [0.3, 0.4) is 0 Å². The molecule has 140 valence electrons. The van der Waals surface area contributed by atoms with Gasteiger partial charge in [-0.3, -0.25) is 9.69 Å². The molecular weight excluding hydrogens is 360 g/mol. The van der Waals surface area contributed by atoms with Crippen molar-refractivity contribution in [1.82, 2.24) is 4.90 Å². The molecule has 0 bridgehead atoms. The van der Waals surface area contributed by atoms with E-state index < -0.39 is 0 Å². The van der Waals surface area contributed by atoms with Crippen molar-refractivity contribution in [2.45, 2.75) is 13.8 Å². The van der Waals surface area contributed by atoms with E-state index in [1.807, 2.05) is 62.4 Å². The van der Waals surface area contributed by atoms with Gasteiger partial charge in [0.15, 0.2) is 16.6 Å². The summed E-state index contributed by atoms with van der Waals surface area (Å²) in [5.74, 6) is 1.17. The maximum atomic E-state index is 13.0. The summed E-state index contributed by atoms with van der Waals surface area (Å²) in [4.78, 5) is 16.3. The van der Waals surface area contributed by atoms with Gasteiger partial charge in [-0.1, -0.05) is 18.2 Å². The van der Waals surface area contributed by atoms with Gasteiger partial charge in [-0.2, -0.15) is 0 Å². The van der Waals surface area contributed by atoms with Gasteiger partial charge in [0.05, 0.1) is 19.4 Å². The van der Waals surface area contributed by atoms with Crippen LogP contribution in [-0.2, 0) is 4.79 Å². The van der Waals surface area contributed by atoms with E-state index in [4.69, 9.17) is 21.7 Å². The lowest BCUT2D eigenvalue weighted by Crippen LogP contribution is -2.30. The SMILES string of the molecule is CCOc1cc(/C=C2/C(=O)N(c3ccccc3)C(=S)N2C)c(C)cc1OC. The molecule has 0 saturated carbocycles. The van der Waals surface area contributed by atoms with Gasteiger partial charge < -0.3 is 14.4 Å². The van der Waals surface area contributed by atoms with Crippen molar-refractivity contribution >= 4 is 35.0 Å². The van der Waals surface area contributed by atoms with Crippen LogP contribution in [0, 0.1) is 6.92 Å². The van der Waals surface area contributed by atoms with Crippen LogP contribution in [0.1, 0.15) is 18.1 Å². The number of para-hydroxylation sites is 1. The van der Waals surface area contributed by atoms with E-state index in [0.717, 1.165) is 16.8 Å². The molecule has 0 aromatic heterocycles. The summed E-state index contributed by atoms with van der Waals surface area (Å²) in [6.45, 7) is 4.42. The lowest BCUT2D eigenvalue weighted by Gasteiger charge is -2.16. The van der Waals surface area contributed by atoms with Crippen molar-refractivity contribution in [3.8, 4) is 11.5 Å². The number of hydrogen-bond donors (Lipinski definition) is 0. The Bertz CT molecular complexity index is 909. The predicted molar refractivity (Wildman–Crippen MR) is 111 cm³/mol. The van der Waals surface area contributed by atoms with Gasteiger partial charge in [0.1, 0.15) is 5.70 Å². The maximum Gasteiger partial charge on any atom is 0.281 e. The fourth-order valence-electron chi connectivity index (χ4n) is 2.97. The first-order valence-corrected chi connectivity index (χ1v) is 9.09. The fourth-order valence-corrected chi connectivity index (χ4v) is 3.26. The second-order valence-corrected chi connectivity index (χ2v) is 6.51. The van der Waals surface area contributed by atoms with Crippen LogP contribution < -0.4 is 14.4 Å². The first-order chi connectivity index (χ1) is 13.0. The molecule has 1 aliphatic rings. The van der Waals surface area contributed by atoms with E-state index >= 15 is 0 Å². The van der Waals surface area contributed by atoms with Crippen molar-refractivity contribution in [3.05, 3.63) is 59.3 Å². The number of carbonyl (C=O) groups excluding carboxylic acids is 1. The third-order valence-corrected chi connectivity index (χ3v) is 4.88. The molecule has 0 aliphatic carbocycles. The Balaban J connectivity index is 2.03. The summed E-state index contributed by atoms with van der Waals surface area (Å²) in [6, 6.07) is 13.2. The van der Waals surface area contributed by atoms with Gasteiger partial charge in [0.25, 0.3) is 5.91 Å². The highest BCUT2D eigenvalue weighted by Crippen LogP contribution is 2.33. The predicted octanol–water partition coefficient (Wildman–Crippen LogP) is 4.01. The highest BCUT2D eigenvalue weighted by Gasteiger charge is 2.36. The lowest BCUT2D eigenvalue weighted by molar-refractivity contribution is -0.114. The number of aryl methyl sites for hydroxylation is 1. The normalized spacial score (nSPS) is 15.6. The van der Waals surface area contributed by atoms with Crippen LogP contribution in [0.2, 0.25) is 0 Å². The summed E-state index contributed by atoms with van der Waals surface area (Å²) in [6.07, 6.45) is 1.84. The second kappa shape index (κ2) is 7.80. The minimum absolute atomic E-state index is 0.151. The van der Waals surface area contributed by atoms with Crippen LogP contribution in [-0.4, -0.2) is 36.7 Å². The van der Waals surface area contributed by atoms with E-state index in [2.05, 4.69) is 0 Å². The Morgan fingerprint density at radius 1 is 1.15 bits per heavy atom. The van der Waals surface area contributed by atoms with E-state index in [9.17, 15) is 4.79 Å². The third-order valence-electron chi connectivity index (χ3n) is 4.42. The van der Waals surface area contributed by atoms with Crippen molar-refractivity contribution in [3.63, 3.8) is 0 Å². The summed E-state index contributed by atoms with van der Waals surface area (Å²) in [5.41, 5.74) is 3.13. The molecule has 1 saturated heterocycles. The minimum atomic E-state index is -0.151. The summed E-state index contributed by atoms with van der Waals surface area (Å²) in [5, 5.41) is 0.452. The highest BCUT2D eigenvalue weighted by atomic mass is 32.1. The summed E-state index contributed by atoms with van der Waals surface area (Å²) in [7, 11) is 3.41. The molecule has 27 heavy (non-hydrogen) atoms. The molecule has 0 N–H and O–H groups in total. The minimum Gasteiger partial charge on any atom is -0.493 e. The maximum absolute atomic E-state index is 13.0. The molecule has 6 heteroatoms. The zero-order chi connectivity index (χ0) is 19.6. The average Bonchev–Trinajstić information content (AvgIpc) is 2.88. The van der Waals surface area contributed by atoms with Gasteiger partial charge in [-0.25, -0.2) is 0 Å². The molecule has 0 unspecified atom stereocenters. The molecule has 1 aliphatic heterocycles. The number of thiocarbonyl (C=S) groups is 1. The number of likely N-dealkylation sites (N-methyl/N-ethyl adjacent to an activating group) is 1. The molecule has 0 radical (unpaired) electrons. The Labute approximate surface area is 164 Å². The van der Waals surface area contributed by atoms with Crippen LogP contribution in [0.25, 0.3) is 6.08 Å². The molecule has 1 heterocycles. The number of benzene rings is 2. The van der Waals surface area contributed by atoms with Gasteiger partial charge >= 0.3 is 0 Å². The number of rotatable bonds is 5. The van der Waals surface area contributed by atoms with E-state index in [1.165, 1.54) is 0 Å². The Morgan fingerprint density at radius 3 is 2.48 bits per heavy atom. The first-order valence-electron chi connectivity index (χ1n) is 8.68. The summed E-state index contributed by atoms with van der Waals surface area (Å²) >= 11 is 5.50. The second-order valence-electron chi connectivity index (χ2n) is 6.14. The number of ether oxygens (including phenoxy) is 2. The van der Waals surface area contributed by atoms with E-state index in [1.54, 1.807) is 24.0 Å². The van der Waals surface area contributed by atoms with Crippen LogP contribution in [0.5, 0.6) is 11.5 Å². The highest BCUT2D eigenvalue weighted by molar-refractivity contribution is 7.80. The van der Waals surface area contributed by atoms with Crippen LogP contribution >= 0.6 is 12.2 Å². The molecule has 1 fully saturated rings. The van der Waals surface area contributed by atoms with Crippen molar-refractivity contribution in [1.29, 1.82) is 0 Å². The van der Waals surface area contributed by atoms with Crippen molar-refractivity contribution < 1.29 is 14.3 Å². The third kappa shape index (κ3) is 3.53. The van der Waals surface area contributed by atoms with E-state index in [-0.39, 0.29) is 5.91 Å². The molecule has 5 nitrogen and oxygen atoms in total. The van der Waals surface area contributed by atoms with Gasteiger partial charge in [-0.05, 0) is 67.5 Å². The molecule has 0 spiro atoms. The van der Waals surface area contributed by atoms with Crippen LogP contribution in [0.4, 0.5) is 5.69 Å². The van der Waals surface area contributed by atoms with Gasteiger partial charge in [-0.15, -0.1) is 0 Å². The van der Waals surface area contributed by atoms with Gasteiger partial charge in [0, 0.05) is 7.05 Å². The molecule has 1 amide bonds.